The molecular weight excluding hydrogens is 313 g/mol. The van der Waals surface area contributed by atoms with E-state index in [1.807, 2.05) is 0 Å². The molecule has 1 aliphatic carbocycles. The number of pyridine rings is 1. The highest BCUT2D eigenvalue weighted by atomic mass is 32.2. The van der Waals surface area contributed by atoms with E-state index in [0.717, 1.165) is 6.07 Å². The predicted molar refractivity (Wildman–Crippen MR) is 63.7 cm³/mol. The number of aromatic nitrogens is 1. The number of nitrogens with zero attached hydrogens (tertiary/aromatic N) is 1. The zero-order valence-electron chi connectivity index (χ0n) is 10.5. The van der Waals surface area contributed by atoms with E-state index < -0.39 is 44.7 Å². The van der Waals surface area contributed by atoms with E-state index >= 15 is 0 Å². The lowest BCUT2D eigenvalue weighted by Crippen LogP contribution is -2.46. The van der Waals surface area contributed by atoms with Gasteiger partial charge >= 0.3 is 12.1 Å². The molecule has 0 aliphatic heterocycles. The van der Waals surface area contributed by atoms with Crippen molar-refractivity contribution in [1.82, 2.24) is 9.71 Å². The van der Waals surface area contributed by atoms with Gasteiger partial charge in [0.1, 0.15) is 10.6 Å². The number of rotatable bonds is 4. The van der Waals surface area contributed by atoms with Gasteiger partial charge in [-0.1, -0.05) is 0 Å². The molecule has 2 N–H and O–H groups in total. The van der Waals surface area contributed by atoms with E-state index in [0.29, 0.717) is 12.3 Å². The van der Waals surface area contributed by atoms with Gasteiger partial charge in [-0.3, -0.25) is 9.78 Å². The average Bonchev–Trinajstić information content (AvgIpc) is 2.32. The van der Waals surface area contributed by atoms with Gasteiger partial charge in [0.15, 0.2) is 0 Å². The van der Waals surface area contributed by atoms with E-state index in [1.165, 1.54) is 0 Å². The Morgan fingerprint density at radius 3 is 2.38 bits per heavy atom. The summed E-state index contributed by atoms with van der Waals surface area (Å²) in [4.78, 5) is 13.3. The minimum Gasteiger partial charge on any atom is -0.481 e. The Kier molecular flexibility index (Phi) is 3.93. The number of alkyl halides is 3. The molecule has 0 saturated heterocycles. The fraction of sp³-hybridized carbons (Fsp3) is 0.455. The number of hydrogen-bond acceptors (Lipinski definition) is 4. The summed E-state index contributed by atoms with van der Waals surface area (Å²) in [6, 6.07) is 0.861. The molecular formula is C11H11F3N2O4S. The van der Waals surface area contributed by atoms with E-state index in [-0.39, 0.29) is 12.8 Å². The number of nitrogens with one attached hydrogen (secondary N) is 1. The standard InChI is InChI=1S/C11H11F3N2O4S/c12-11(13,14)9-2-1-8(5-15-9)21(19,20)16-7-3-6(4-7)10(17)18/h1-2,5-7,16H,3-4H2,(H,17,18). The van der Waals surface area contributed by atoms with E-state index in [2.05, 4.69) is 9.71 Å². The first-order valence-electron chi connectivity index (χ1n) is 5.88. The van der Waals surface area contributed by atoms with Gasteiger partial charge in [-0.25, -0.2) is 13.1 Å². The lowest BCUT2D eigenvalue weighted by molar-refractivity contribution is -0.145. The van der Waals surface area contributed by atoms with Crippen molar-refractivity contribution in [3.63, 3.8) is 0 Å². The highest BCUT2D eigenvalue weighted by Crippen LogP contribution is 2.30. The number of carboxylic acid groups (broad SMARTS) is 1. The predicted octanol–water partition coefficient (Wildman–Crippen LogP) is 1.24. The molecule has 0 spiro atoms. The molecule has 1 fully saturated rings. The third-order valence-electron chi connectivity index (χ3n) is 3.15. The van der Waals surface area contributed by atoms with Crippen molar-refractivity contribution >= 4 is 16.0 Å². The zero-order chi connectivity index (χ0) is 15.8. The van der Waals surface area contributed by atoms with Crippen molar-refractivity contribution < 1.29 is 31.5 Å². The summed E-state index contributed by atoms with van der Waals surface area (Å²) in [6.45, 7) is 0. The van der Waals surface area contributed by atoms with Gasteiger partial charge in [-0.15, -0.1) is 0 Å². The molecule has 0 atom stereocenters. The quantitative estimate of drug-likeness (QED) is 0.869. The molecule has 1 aromatic heterocycles. The van der Waals surface area contributed by atoms with Crippen LogP contribution in [0.1, 0.15) is 18.5 Å². The lowest BCUT2D eigenvalue weighted by atomic mass is 9.81. The maximum Gasteiger partial charge on any atom is 0.433 e. The van der Waals surface area contributed by atoms with Crippen LogP contribution < -0.4 is 4.72 Å². The van der Waals surface area contributed by atoms with Gasteiger partial charge in [0, 0.05) is 12.2 Å². The molecule has 2 rings (SSSR count). The third kappa shape index (κ3) is 3.50. The topological polar surface area (TPSA) is 96.4 Å². The Morgan fingerprint density at radius 1 is 1.33 bits per heavy atom. The summed E-state index contributed by atoms with van der Waals surface area (Å²) < 4.78 is 63.0. The summed E-state index contributed by atoms with van der Waals surface area (Å²) in [7, 11) is -4.00. The SMILES string of the molecule is O=C(O)C1CC(NS(=O)(=O)c2ccc(C(F)(F)F)nc2)C1. The van der Waals surface area contributed by atoms with Crippen LogP contribution in [0.15, 0.2) is 23.2 Å². The van der Waals surface area contributed by atoms with Crippen LogP contribution in [0.2, 0.25) is 0 Å². The molecule has 1 heterocycles. The summed E-state index contributed by atoms with van der Waals surface area (Å²) in [6.07, 6.45) is -3.71. The molecule has 1 aliphatic rings. The highest BCUT2D eigenvalue weighted by molar-refractivity contribution is 7.89. The first-order chi connectivity index (χ1) is 9.59. The van der Waals surface area contributed by atoms with Gasteiger partial charge in [-0.2, -0.15) is 13.2 Å². The molecule has 1 aromatic rings. The smallest absolute Gasteiger partial charge is 0.433 e. The maximum absolute atomic E-state index is 12.3. The normalized spacial score (nSPS) is 22.6. The van der Waals surface area contributed by atoms with Gasteiger partial charge in [0.05, 0.1) is 5.92 Å². The minimum absolute atomic E-state index is 0.155. The molecule has 0 unspecified atom stereocenters. The number of hydrogen-bond donors (Lipinski definition) is 2. The number of aliphatic carboxylic acids is 1. The molecule has 0 aromatic carbocycles. The minimum atomic E-state index is -4.64. The second-order valence-electron chi connectivity index (χ2n) is 4.70. The van der Waals surface area contributed by atoms with Gasteiger partial charge in [0.25, 0.3) is 0 Å². The Morgan fingerprint density at radius 2 is 1.95 bits per heavy atom. The largest absolute Gasteiger partial charge is 0.481 e. The highest BCUT2D eigenvalue weighted by Gasteiger charge is 2.37. The van der Waals surface area contributed by atoms with Crippen LogP contribution >= 0.6 is 0 Å². The molecule has 0 bridgehead atoms. The second kappa shape index (κ2) is 5.26. The van der Waals surface area contributed by atoms with Gasteiger partial charge in [0.2, 0.25) is 10.0 Å². The molecule has 0 amide bonds. The Balaban J connectivity index is 2.05. The summed E-state index contributed by atoms with van der Waals surface area (Å²) >= 11 is 0. The van der Waals surface area contributed by atoms with E-state index in [1.54, 1.807) is 0 Å². The van der Waals surface area contributed by atoms with Crippen molar-refractivity contribution in [2.45, 2.75) is 30.0 Å². The molecule has 116 valence electrons. The maximum atomic E-state index is 12.3. The summed E-state index contributed by atoms with van der Waals surface area (Å²) in [5.74, 6) is -1.59. The van der Waals surface area contributed by atoms with Gasteiger partial charge in [-0.05, 0) is 25.0 Å². The van der Waals surface area contributed by atoms with Crippen LogP contribution in [0.3, 0.4) is 0 Å². The Bertz CT molecular complexity index is 636. The first kappa shape index (κ1) is 15.7. The molecule has 10 heteroatoms. The van der Waals surface area contributed by atoms with Crippen LogP contribution in [-0.2, 0) is 21.0 Å². The van der Waals surface area contributed by atoms with Crippen molar-refractivity contribution in [3.05, 3.63) is 24.0 Å². The van der Waals surface area contributed by atoms with Crippen LogP contribution in [0.25, 0.3) is 0 Å². The fourth-order valence-electron chi connectivity index (χ4n) is 1.91. The Hall–Kier alpha value is -1.68. The van der Waals surface area contributed by atoms with Crippen molar-refractivity contribution in [3.8, 4) is 0 Å². The molecule has 0 radical (unpaired) electrons. The summed E-state index contributed by atoms with van der Waals surface area (Å²) in [5.41, 5.74) is -1.18. The number of carboxylic acids is 1. The van der Waals surface area contributed by atoms with Gasteiger partial charge < -0.3 is 5.11 Å². The van der Waals surface area contributed by atoms with Crippen LogP contribution in [0.5, 0.6) is 0 Å². The Labute approximate surface area is 118 Å². The number of halogens is 3. The van der Waals surface area contributed by atoms with Crippen molar-refractivity contribution in [2.75, 3.05) is 0 Å². The number of carbonyl (C=O) groups is 1. The van der Waals surface area contributed by atoms with Crippen LogP contribution in [-0.4, -0.2) is 30.5 Å². The van der Waals surface area contributed by atoms with Crippen LogP contribution in [0, 0.1) is 5.92 Å². The molecule has 6 nitrogen and oxygen atoms in total. The van der Waals surface area contributed by atoms with Crippen molar-refractivity contribution in [2.24, 2.45) is 5.92 Å². The average molecular weight is 324 g/mol. The second-order valence-corrected chi connectivity index (χ2v) is 6.42. The summed E-state index contributed by atoms with van der Waals surface area (Å²) in [5, 5.41) is 8.68. The zero-order valence-corrected chi connectivity index (χ0v) is 11.3. The monoisotopic (exact) mass is 324 g/mol. The van der Waals surface area contributed by atoms with Crippen LogP contribution in [0.4, 0.5) is 13.2 Å². The fourth-order valence-corrected chi connectivity index (χ4v) is 3.12. The van der Waals surface area contributed by atoms with E-state index in [4.69, 9.17) is 5.11 Å². The van der Waals surface area contributed by atoms with Crippen molar-refractivity contribution in [1.29, 1.82) is 0 Å². The molecule has 21 heavy (non-hydrogen) atoms. The van der Waals surface area contributed by atoms with E-state index in [9.17, 15) is 26.4 Å². The lowest BCUT2D eigenvalue weighted by Gasteiger charge is -2.32. The first-order valence-corrected chi connectivity index (χ1v) is 7.36. The molecule has 1 saturated carbocycles. The number of sulfonamides is 1. The third-order valence-corrected chi connectivity index (χ3v) is 4.65.